The van der Waals surface area contributed by atoms with E-state index in [4.69, 9.17) is 11.6 Å². The van der Waals surface area contributed by atoms with Crippen molar-refractivity contribution in [1.29, 1.82) is 0 Å². The van der Waals surface area contributed by atoms with Crippen molar-refractivity contribution in [3.8, 4) is 11.4 Å². The molecule has 0 radical (unpaired) electrons. The predicted molar refractivity (Wildman–Crippen MR) is 107 cm³/mol. The number of likely N-dealkylation sites (tertiary alicyclic amines) is 1. The number of aromatic nitrogens is 3. The predicted octanol–water partition coefficient (Wildman–Crippen LogP) is 5.48. The number of rotatable bonds is 2. The molecule has 0 amide bonds. The van der Waals surface area contributed by atoms with Gasteiger partial charge in [0.15, 0.2) is 0 Å². The zero-order chi connectivity index (χ0) is 20.8. The summed E-state index contributed by atoms with van der Waals surface area (Å²) in [4.78, 5) is 6.26. The number of hydrogen-bond donors (Lipinski definition) is 0. The maximum absolute atomic E-state index is 12.9. The number of alkyl halides is 3. The van der Waals surface area contributed by atoms with E-state index in [0.29, 0.717) is 11.6 Å². The first kappa shape index (κ1) is 20.0. The molecule has 1 aliphatic heterocycles. The Balaban J connectivity index is 1.80. The summed E-state index contributed by atoms with van der Waals surface area (Å²) in [7, 11) is 2.12. The lowest BCUT2D eigenvalue weighted by Gasteiger charge is -2.30. The maximum atomic E-state index is 12.9. The molecule has 8 heteroatoms. The van der Waals surface area contributed by atoms with Gasteiger partial charge in [-0.3, -0.25) is 4.98 Å². The third-order valence-electron chi connectivity index (χ3n) is 5.53. The minimum absolute atomic E-state index is 0.0957. The molecule has 1 aliphatic rings. The van der Waals surface area contributed by atoms with Crippen molar-refractivity contribution >= 4 is 22.5 Å². The average molecular weight is 421 g/mol. The van der Waals surface area contributed by atoms with Gasteiger partial charge in [0.2, 0.25) is 0 Å². The summed E-state index contributed by atoms with van der Waals surface area (Å²) in [6, 6.07) is 6.91. The molecule has 0 spiro atoms. The highest BCUT2D eigenvalue weighted by Crippen LogP contribution is 2.37. The number of hydrogen-bond acceptors (Lipinski definition) is 4. The molecule has 29 heavy (non-hydrogen) atoms. The van der Waals surface area contributed by atoms with Crippen molar-refractivity contribution in [2.45, 2.75) is 31.9 Å². The summed E-state index contributed by atoms with van der Waals surface area (Å²) < 4.78 is 38.7. The van der Waals surface area contributed by atoms with Gasteiger partial charge in [-0.1, -0.05) is 29.8 Å². The fraction of sp³-hybridized carbons (Fsp3) is 0.381. The Labute approximate surface area is 171 Å². The molecule has 2 aromatic heterocycles. The molecule has 0 N–H and O–H groups in total. The van der Waals surface area contributed by atoms with Gasteiger partial charge in [0.05, 0.1) is 16.1 Å². The average Bonchev–Trinajstić information content (AvgIpc) is 2.68. The summed E-state index contributed by atoms with van der Waals surface area (Å²) in [5.41, 5.74) is 2.50. The van der Waals surface area contributed by atoms with E-state index in [9.17, 15) is 13.2 Å². The third-order valence-corrected chi connectivity index (χ3v) is 5.82. The quantitative estimate of drug-likeness (QED) is 0.550. The van der Waals surface area contributed by atoms with E-state index in [-0.39, 0.29) is 10.7 Å². The number of fused-ring (bicyclic) bond motifs is 1. The minimum Gasteiger partial charge on any atom is -0.306 e. The van der Waals surface area contributed by atoms with Gasteiger partial charge in [-0.05, 0) is 56.5 Å². The Morgan fingerprint density at radius 1 is 1.17 bits per heavy atom. The van der Waals surface area contributed by atoms with Crippen LogP contribution in [-0.2, 0) is 6.18 Å². The van der Waals surface area contributed by atoms with Crippen LogP contribution >= 0.6 is 11.6 Å². The Morgan fingerprint density at radius 2 is 1.97 bits per heavy atom. The second kappa shape index (κ2) is 7.54. The van der Waals surface area contributed by atoms with Gasteiger partial charge in [-0.2, -0.15) is 13.2 Å². The van der Waals surface area contributed by atoms with E-state index >= 15 is 0 Å². The monoisotopic (exact) mass is 420 g/mol. The number of benzene rings is 1. The van der Waals surface area contributed by atoms with Crippen LogP contribution in [0.2, 0.25) is 5.02 Å². The first-order chi connectivity index (χ1) is 13.8. The zero-order valence-electron chi connectivity index (χ0n) is 16.1. The van der Waals surface area contributed by atoms with E-state index in [1.807, 2.05) is 19.1 Å². The summed E-state index contributed by atoms with van der Waals surface area (Å²) in [5.74, 6) is 0.379. The standard InChI is InChI=1S/C21H20ClF3N4/c1-12-15-6-3-7-16(13-5-4-8-29(2)11-13)19(15)28-27-18(12)20-17(22)9-14(10-26-20)21(23,24)25/h3,6-7,9-10,13H,4-5,8,11H2,1-2H3/t13-/m1/s1. The molecule has 4 rings (SSSR count). The molecule has 3 aromatic rings. The molecule has 4 nitrogen and oxygen atoms in total. The van der Waals surface area contributed by atoms with E-state index < -0.39 is 11.7 Å². The van der Waals surface area contributed by atoms with Crippen LogP contribution in [0.4, 0.5) is 13.2 Å². The van der Waals surface area contributed by atoms with Crippen LogP contribution < -0.4 is 0 Å². The Hall–Kier alpha value is -2.25. The number of pyridine rings is 1. The highest BCUT2D eigenvalue weighted by molar-refractivity contribution is 6.33. The molecule has 1 saturated heterocycles. The summed E-state index contributed by atoms with van der Waals surface area (Å²) in [6.45, 7) is 3.93. The second-order valence-electron chi connectivity index (χ2n) is 7.57. The van der Waals surface area contributed by atoms with Crippen molar-refractivity contribution in [3.63, 3.8) is 0 Å². The minimum atomic E-state index is -4.50. The fourth-order valence-corrected chi connectivity index (χ4v) is 4.28. The van der Waals surface area contributed by atoms with Gasteiger partial charge in [-0.15, -0.1) is 10.2 Å². The lowest BCUT2D eigenvalue weighted by atomic mass is 9.88. The first-order valence-electron chi connectivity index (χ1n) is 9.43. The maximum Gasteiger partial charge on any atom is 0.417 e. The van der Waals surface area contributed by atoms with Crippen LogP contribution in [0.15, 0.2) is 30.5 Å². The van der Waals surface area contributed by atoms with Gasteiger partial charge in [0.1, 0.15) is 11.4 Å². The molecule has 0 saturated carbocycles. The van der Waals surface area contributed by atoms with Gasteiger partial charge in [-0.25, -0.2) is 0 Å². The second-order valence-corrected chi connectivity index (χ2v) is 7.98. The molecule has 1 fully saturated rings. The molecule has 3 heterocycles. The van der Waals surface area contributed by atoms with Crippen molar-refractivity contribution in [2.24, 2.45) is 0 Å². The largest absolute Gasteiger partial charge is 0.417 e. The molecular formula is C21H20ClF3N4. The Bertz CT molecular complexity index is 1070. The van der Waals surface area contributed by atoms with Crippen LogP contribution in [0.25, 0.3) is 22.3 Å². The van der Waals surface area contributed by atoms with Crippen LogP contribution in [0.1, 0.15) is 35.4 Å². The topological polar surface area (TPSA) is 41.9 Å². The van der Waals surface area contributed by atoms with Crippen LogP contribution in [0.5, 0.6) is 0 Å². The van der Waals surface area contributed by atoms with Crippen LogP contribution in [-0.4, -0.2) is 40.2 Å². The zero-order valence-corrected chi connectivity index (χ0v) is 16.8. The fourth-order valence-electron chi connectivity index (χ4n) is 4.02. The third kappa shape index (κ3) is 3.81. The number of halogens is 4. The van der Waals surface area contributed by atoms with Crippen LogP contribution in [0, 0.1) is 6.92 Å². The number of nitrogens with zero attached hydrogens (tertiary/aromatic N) is 4. The van der Waals surface area contributed by atoms with Crippen LogP contribution in [0.3, 0.4) is 0 Å². The summed E-state index contributed by atoms with van der Waals surface area (Å²) in [5, 5.41) is 9.57. The van der Waals surface area contributed by atoms with Gasteiger partial charge in [0.25, 0.3) is 0 Å². The van der Waals surface area contributed by atoms with E-state index in [2.05, 4.69) is 33.2 Å². The van der Waals surface area contributed by atoms with Gasteiger partial charge in [0, 0.05) is 18.1 Å². The molecule has 1 aromatic carbocycles. The Morgan fingerprint density at radius 3 is 2.66 bits per heavy atom. The van der Waals surface area contributed by atoms with Gasteiger partial charge >= 0.3 is 6.18 Å². The SMILES string of the molecule is Cc1c(-c2ncc(C(F)(F)F)cc2Cl)nnc2c([C@@H]3CCCN(C)C3)cccc12. The van der Waals surface area contributed by atoms with Crippen molar-refractivity contribution in [3.05, 3.63) is 52.2 Å². The van der Waals surface area contributed by atoms with Gasteiger partial charge < -0.3 is 4.90 Å². The van der Waals surface area contributed by atoms with Crippen molar-refractivity contribution < 1.29 is 13.2 Å². The summed E-state index contributed by atoms with van der Waals surface area (Å²) >= 11 is 6.13. The van der Waals surface area contributed by atoms with E-state index in [1.165, 1.54) is 0 Å². The van der Waals surface area contributed by atoms with E-state index in [1.54, 1.807) is 0 Å². The lowest BCUT2D eigenvalue weighted by molar-refractivity contribution is -0.137. The number of piperidine rings is 1. The molecule has 0 aliphatic carbocycles. The molecule has 1 atom stereocenters. The normalized spacial score (nSPS) is 18.3. The molecule has 0 unspecified atom stereocenters. The molecule has 0 bridgehead atoms. The Kier molecular flexibility index (Phi) is 5.21. The first-order valence-corrected chi connectivity index (χ1v) is 9.81. The molecule has 152 valence electrons. The lowest BCUT2D eigenvalue weighted by Crippen LogP contribution is -2.31. The van der Waals surface area contributed by atoms with Crippen molar-refractivity contribution in [2.75, 3.05) is 20.1 Å². The highest BCUT2D eigenvalue weighted by atomic mass is 35.5. The number of likely N-dealkylation sites (N-methyl/N-ethyl adjacent to an activating group) is 1. The molecular weight excluding hydrogens is 401 g/mol. The smallest absolute Gasteiger partial charge is 0.306 e. The highest BCUT2D eigenvalue weighted by Gasteiger charge is 2.32. The number of aryl methyl sites for hydroxylation is 1. The van der Waals surface area contributed by atoms with Crippen molar-refractivity contribution in [1.82, 2.24) is 20.1 Å². The van der Waals surface area contributed by atoms with E-state index in [0.717, 1.165) is 60.2 Å². The summed E-state index contributed by atoms with van der Waals surface area (Å²) in [6.07, 6.45) is -1.49.